The minimum atomic E-state index is -0.723. The summed E-state index contributed by atoms with van der Waals surface area (Å²) in [6.45, 7) is 8.28. The van der Waals surface area contributed by atoms with E-state index in [2.05, 4.69) is 4.98 Å². The van der Waals surface area contributed by atoms with Crippen LogP contribution in [0.1, 0.15) is 63.0 Å². The Hall–Kier alpha value is -3.13. The topological polar surface area (TPSA) is 104 Å². The molecule has 1 fully saturated rings. The van der Waals surface area contributed by atoms with E-state index in [4.69, 9.17) is 18.9 Å². The monoisotopic (exact) mass is 513 g/mol. The van der Waals surface area contributed by atoms with E-state index in [1.807, 2.05) is 45.0 Å². The highest BCUT2D eigenvalue weighted by molar-refractivity contribution is 5.99. The SMILES string of the molecule is COc1ccc(C[C@@H]([C@H](C)OC(=O)[C@H](C)CC(=O)c2nccc(OC)c2O)C(C)(C)OCC2CC2)cc1. The Morgan fingerprint density at radius 2 is 1.76 bits per heavy atom. The molecule has 0 spiro atoms. The molecule has 0 amide bonds. The van der Waals surface area contributed by atoms with Gasteiger partial charge in [0.25, 0.3) is 0 Å². The van der Waals surface area contributed by atoms with E-state index in [0.29, 0.717) is 18.9 Å². The van der Waals surface area contributed by atoms with Crippen molar-refractivity contribution in [1.82, 2.24) is 4.98 Å². The summed E-state index contributed by atoms with van der Waals surface area (Å²) in [7, 11) is 3.02. The number of aromatic nitrogens is 1. The molecule has 1 aromatic carbocycles. The fourth-order valence-corrected chi connectivity index (χ4v) is 4.36. The summed E-state index contributed by atoms with van der Waals surface area (Å²) in [5, 5.41) is 10.2. The molecule has 0 saturated heterocycles. The van der Waals surface area contributed by atoms with E-state index in [9.17, 15) is 14.7 Å². The lowest BCUT2D eigenvalue weighted by Gasteiger charge is -2.38. The van der Waals surface area contributed by atoms with Gasteiger partial charge >= 0.3 is 5.97 Å². The number of rotatable bonds is 14. The first-order chi connectivity index (χ1) is 17.6. The lowest BCUT2D eigenvalue weighted by molar-refractivity contribution is -0.163. The molecule has 8 nitrogen and oxygen atoms in total. The maximum absolute atomic E-state index is 13.0. The fraction of sp³-hybridized carbons (Fsp3) is 0.552. The predicted molar refractivity (Wildman–Crippen MR) is 139 cm³/mol. The maximum atomic E-state index is 13.0. The van der Waals surface area contributed by atoms with Gasteiger partial charge in [-0.2, -0.15) is 0 Å². The highest BCUT2D eigenvalue weighted by Crippen LogP contribution is 2.35. The lowest BCUT2D eigenvalue weighted by atomic mass is 9.81. The zero-order valence-electron chi connectivity index (χ0n) is 22.7. The van der Waals surface area contributed by atoms with Crippen LogP contribution < -0.4 is 9.47 Å². The molecular weight excluding hydrogens is 474 g/mol. The van der Waals surface area contributed by atoms with Gasteiger partial charge in [-0.25, -0.2) is 4.98 Å². The van der Waals surface area contributed by atoms with Crippen LogP contribution in [0, 0.1) is 17.8 Å². The van der Waals surface area contributed by atoms with Gasteiger partial charge in [0.05, 0.1) is 32.3 Å². The van der Waals surface area contributed by atoms with Gasteiger partial charge in [0.1, 0.15) is 11.9 Å². The largest absolute Gasteiger partial charge is 0.503 e. The van der Waals surface area contributed by atoms with Gasteiger partial charge in [0.15, 0.2) is 23.0 Å². The molecule has 0 unspecified atom stereocenters. The normalized spacial score (nSPS) is 15.9. The molecular formula is C29H39NO7. The number of carbonyl (C=O) groups is 2. The average Bonchev–Trinajstić information content (AvgIpc) is 3.71. The molecule has 1 saturated carbocycles. The van der Waals surface area contributed by atoms with Crippen LogP contribution in [0.4, 0.5) is 0 Å². The van der Waals surface area contributed by atoms with Crippen molar-refractivity contribution in [2.45, 2.75) is 65.1 Å². The summed E-state index contributed by atoms with van der Waals surface area (Å²) in [5.41, 5.74) is 0.413. The molecule has 0 aliphatic heterocycles. The number of pyridine rings is 1. The van der Waals surface area contributed by atoms with Crippen LogP contribution in [0.5, 0.6) is 17.2 Å². The molecule has 1 aromatic heterocycles. The van der Waals surface area contributed by atoms with Crippen molar-refractivity contribution >= 4 is 11.8 Å². The summed E-state index contributed by atoms with van der Waals surface area (Å²) < 4.78 is 22.6. The summed E-state index contributed by atoms with van der Waals surface area (Å²) in [4.78, 5) is 29.8. The van der Waals surface area contributed by atoms with Gasteiger partial charge in [-0.05, 0) is 63.6 Å². The Morgan fingerprint density at radius 3 is 2.35 bits per heavy atom. The Balaban J connectivity index is 1.69. The number of nitrogens with zero attached hydrogens (tertiary/aromatic N) is 1. The molecule has 8 heteroatoms. The number of ether oxygens (including phenoxy) is 4. The highest BCUT2D eigenvalue weighted by atomic mass is 16.5. The zero-order valence-corrected chi connectivity index (χ0v) is 22.7. The number of hydrogen-bond donors (Lipinski definition) is 1. The standard InChI is InChI=1S/C29H39NO7/c1-18(15-24(31)26-27(32)25(35-6)13-14-30-26)28(33)37-19(2)23(29(3,4)36-17-21-7-8-21)16-20-9-11-22(34-5)12-10-20/h9-14,18-19,21,23,32H,7-8,15-17H2,1-6H3/t18-,19+,23+/m1/s1. The minimum absolute atomic E-state index is 0.126. The molecule has 0 radical (unpaired) electrons. The van der Waals surface area contributed by atoms with Crippen LogP contribution in [0.15, 0.2) is 36.5 Å². The average molecular weight is 514 g/mol. The van der Waals surface area contributed by atoms with E-state index < -0.39 is 29.4 Å². The molecule has 1 aliphatic carbocycles. The minimum Gasteiger partial charge on any atom is -0.503 e. The fourth-order valence-electron chi connectivity index (χ4n) is 4.36. The Kier molecular flexibility index (Phi) is 9.54. The maximum Gasteiger partial charge on any atom is 0.309 e. The Bertz CT molecular complexity index is 1060. The Labute approximate surface area is 219 Å². The second kappa shape index (κ2) is 12.4. The number of aromatic hydroxyl groups is 1. The molecule has 0 bridgehead atoms. The van der Waals surface area contributed by atoms with Gasteiger partial charge in [-0.3, -0.25) is 9.59 Å². The van der Waals surface area contributed by atoms with Crippen molar-refractivity contribution in [3.05, 3.63) is 47.8 Å². The van der Waals surface area contributed by atoms with Crippen LogP contribution in [-0.2, 0) is 20.7 Å². The molecule has 1 N–H and O–H groups in total. The summed E-state index contributed by atoms with van der Waals surface area (Å²) in [6, 6.07) is 9.30. The van der Waals surface area contributed by atoms with Gasteiger partial charge in [0.2, 0.25) is 0 Å². The molecule has 37 heavy (non-hydrogen) atoms. The third kappa shape index (κ3) is 7.68. The molecule has 202 valence electrons. The molecule has 2 aromatic rings. The molecule has 1 heterocycles. The first-order valence-corrected chi connectivity index (χ1v) is 12.8. The number of esters is 1. The van der Waals surface area contributed by atoms with E-state index in [1.54, 1.807) is 14.0 Å². The van der Waals surface area contributed by atoms with E-state index >= 15 is 0 Å². The first kappa shape index (κ1) is 28.4. The number of hydrogen-bond acceptors (Lipinski definition) is 8. The van der Waals surface area contributed by atoms with Gasteiger partial charge in [-0.1, -0.05) is 19.1 Å². The Morgan fingerprint density at radius 1 is 1.08 bits per heavy atom. The van der Waals surface area contributed by atoms with Gasteiger partial charge in [-0.15, -0.1) is 0 Å². The number of carbonyl (C=O) groups excluding carboxylic acids is 2. The molecule has 3 atom stereocenters. The summed E-state index contributed by atoms with van der Waals surface area (Å²) >= 11 is 0. The van der Waals surface area contributed by atoms with Crippen molar-refractivity contribution in [2.75, 3.05) is 20.8 Å². The van der Waals surface area contributed by atoms with Gasteiger partial charge in [0, 0.05) is 24.6 Å². The van der Waals surface area contributed by atoms with Crippen LogP contribution in [-0.4, -0.2) is 54.4 Å². The summed E-state index contributed by atoms with van der Waals surface area (Å²) in [6.07, 6.45) is 3.78. The predicted octanol–water partition coefficient (Wildman–Crippen LogP) is 5.01. The van der Waals surface area contributed by atoms with Crippen LogP contribution in [0.3, 0.4) is 0 Å². The second-order valence-corrected chi connectivity index (χ2v) is 10.4. The van der Waals surface area contributed by atoms with Crippen molar-refractivity contribution < 1.29 is 33.6 Å². The van der Waals surface area contributed by atoms with Crippen molar-refractivity contribution in [3.8, 4) is 17.2 Å². The van der Waals surface area contributed by atoms with E-state index in [1.165, 1.54) is 32.2 Å². The third-order valence-electron chi connectivity index (χ3n) is 7.03. The molecule has 3 rings (SSSR count). The number of benzene rings is 1. The number of ketones is 1. The van der Waals surface area contributed by atoms with Crippen LogP contribution in [0.2, 0.25) is 0 Å². The first-order valence-electron chi connectivity index (χ1n) is 12.8. The smallest absolute Gasteiger partial charge is 0.309 e. The number of methoxy groups -OCH3 is 2. The van der Waals surface area contributed by atoms with Gasteiger partial charge < -0.3 is 24.1 Å². The van der Waals surface area contributed by atoms with Crippen molar-refractivity contribution in [3.63, 3.8) is 0 Å². The quantitative estimate of drug-likeness (QED) is 0.278. The number of Topliss-reactive ketones (excluding diaryl/α,β-unsaturated/α-hetero) is 1. The highest BCUT2D eigenvalue weighted by Gasteiger charge is 2.39. The second-order valence-electron chi connectivity index (χ2n) is 10.4. The third-order valence-corrected chi connectivity index (χ3v) is 7.03. The van der Waals surface area contributed by atoms with Crippen LogP contribution in [0.25, 0.3) is 0 Å². The zero-order chi connectivity index (χ0) is 27.2. The van der Waals surface area contributed by atoms with Crippen molar-refractivity contribution in [2.24, 2.45) is 17.8 Å². The summed E-state index contributed by atoms with van der Waals surface area (Å²) in [5.74, 6) is -0.604. The van der Waals surface area contributed by atoms with E-state index in [0.717, 1.165) is 11.3 Å². The lowest BCUT2D eigenvalue weighted by Crippen LogP contribution is -2.44. The van der Waals surface area contributed by atoms with Crippen molar-refractivity contribution in [1.29, 1.82) is 0 Å². The molecule has 1 aliphatic rings. The van der Waals surface area contributed by atoms with Crippen LogP contribution >= 0.6 is 0 Å². The van der Waals surface area contributed by atoms with E-state index in [-0.39, 0.29) is 29.5 Å².